The molecule has 0 spiro atoms. The number of nitrogens with zero attached hydrogens (tertiary/aromatic N) is 2. The molecule has 6 aromatic rings. The Morgan fingerprint density at radius 3 is 2.00 bits per heavy atom. The van der Waals surface area contributed by atoms with E-state index in [9.17, 15) is 18.0 Å². The summed E-state index contributed by atoms with van der Waals surface area (Å²) in [4.78, 5) is 26.9. The number of benzene rings is 5. The number of amides is 2. The van der Waals surface area contributed by atoms with E-state index in [1.54, 1.807) is 36.4 Å². The highest BCUT2D eigenvalue weighted by Gasteiger charge is 2.38. The molecule has 0 radical (unpaired) electrons. The third kappa shape index (κ3) is 4.46. The van der Waals surface area contributed by atoms with Crippen LogP contribution >= 0.6 is 0 Å². The first kappa shape index (κ1) is 26.6. The van der Waals surface area contributed by atoms with Crippen molar-refractivity contribution in [3.63, 3.8) is 0 Å². The fraction of sp³-hybridized carbons (Fsp3) is 0.0588. The molecule has 0 fully saturated rings. The number of para-hydroxylation sites is 1. The fourth-order valence-corrected chi connectivity index (χ4v) is 6.23. The van der Waals surface area contributed by atoms with Gasteiger partial charge in [-0.1, -0.05) is 59.7 Å². The van der Waals surface area contributed by atoms with Crippen LogP contribution in [0.1, 0.15) is 31.8 Å². The molecule has 0 aliphatic carbocycles. The minimum absolute atomic E-state index is 0.153. The maximum Gasteiger partial charge on any atom is 0.318 e. The van der Waals surface area contributed by atoms with Gasteiger partial charge in [0, 0.05) is 16.2 Å². The molecule has 1 aliphatic rings. The summed E-state index contributed by atoms with van der Waals surface area (Å²) in [5.74, 6) is -0.386. The number of ether oxygens (including phenoxy) is 1. The average molecular weight is 589 g/mol. The minimum Gasteiger partial charge on any atom is -0.455 e. The first-order valence-electron chi connectivity index (χ1n) is 13.5. The molecule has 212 valence electrons. The lowest BCUT2D eigenvalue weighted by Gasteiger charge is -2.26. The summed E-state index contributed by atoms with van der Waals surface area (Å²) in [7, 11) is -4.45. The molecule has 0 unspecified atom stereocenters. The van der Waals surface area contributed by atoms with E-state index in [4.69, 9.17) is 9.02 Å². The smallest absolute Gasteiger partial charge is 0.318 e. The Bertz CT molecular complexity index is 2180. The van der Waals surface area contributed by atoms with Crippen LogP contribution in [0, 0.1) is 13.8 Å². The second-order valence-electron chi connectivity index (χ2n) is 10.4. The zero-order valence-corrected chi connectivity index (χ0v) is 24.0. The molecule has 7 rings (SSSR count). The van der Waals surface area contributed by atoms with Crippen molar-refractivity contribution in [3.05, 3.63) is 132 Å². The zero-order chi connectivity index (χ0) is 29.9. The quantitative estimate of drug-likeness (QED) is 0.193. The molecule has 8 nitrogen and oxygen atoms in total. The van der Waals surface area contributed by atoms with Gasteiger partial charge in [-0.2, -0.15) is 8.42 Å². The highest BCUT2D eigenvalue weighted by molar-refractivity contribution is 7.86. The van der Waals surface area contributed by atoms with Crippen molar-refractivity contribution in [2.24, 2.45) is 0 Å². The summed E-state index contributed by atoms with van der Waals surface area (Å²) in [6.45, 7) is 3.83. The van der Waals surface area contributed by atoms with Crippen LogP contribution in [0.3, 0.4) is 0 Å². The van der Waals surface area contributed by atoms with Gasteiger partial charge in [-0.15, -0.1) is 9.35 Å². The number of fused-ring (bicyclic) bond motifs is 1. The molecular formula is C34H24N2O6S. The second-order valence-corrected chi connectivity index (χ2v) is 11.9. The van der Waals surface area contributed by atoms with Crippen LogP contribution in [0.5, 0.6) is 11.5 Å². The van der Waals surface area contributed by atoms with Crippen molar-refractivity contribution in [1.29, 1.82) is 0 Å². The Morgan fingerprint density at radius 1 is 0.651 bits per heavy atom. The lowest BCUT2D eigenvalue weighted by atomic mass is 9.94. The molecular weight excluding hydrogens is 564 g/mol. The number of imide groups is 1. The molecule has 2 heterocycles. The van der Waals surface area contributed by atoms with E-state index >= 15 is 0 Å². The van der Waals surface area contributed by atoms with E-state index in [1.807, 2.05) is 79.2 Å². The molecule has 0 N–H and O–H groups in total. The van der Waals surface area contributed by atoms with Crippen molar-refractivity contribution in [2.75, 3.05) is 0 Å². The van der Waals surface area contributed by atoms with Gasteiger partial charge in [0.1, 0.15) is 5.75 Å². The number of aromatic nitrogens is 1. The molecule has 5 aromatic carbocycles. The van der Waals surface area contributed by atoms with Gasteiger partial charge in [0.25, 0.3) is 11.8 Å². The van der Waals surface area contributed by atoms with Crippen molar-refractivity contribution in [1.82, 2.24) is 9.63 Å². The molecule has 0 atom stereocenters. The SMILES string of the molecule is Cc1ccc(Oc2cn(-c3ccc4c5c(cccc35)C(=O)N(OS(=O)(=O)c3ccc(C)cc3)C4=O)c3ccccc23)cc1. The standard InChI is InChI=1S/C34H24N2O6S/c1-21-10-14-23(15-11-21)41-31-20-35(29-9-4-3-6-25(29)31)30-19-18-28-32-26(30)7-5-8-27(32)33(37)36(34(28)38)42-43(39,40)24-16-12-22(2)13-17-24/h3-20H,1-2H3. The topological polar surface area (TPSA) is 94.9 Å². The van der Waals surface area contributed by atoms with Gasteiger partial charge < -0.3 is 9.30 Å². The van der Waals surface area contributed by atoms with E-state index in [2.05, 4.69) is 0 Å². The van der Waals surface area contributed by atoms with Crippen LogP contribution in [0.2, 0.25) is 0 Å². The Balaban J connectivity index is 1.32. The average Bonchev–Trinajstić information content (AvgIpc) is 3.37. The van der Waals surface area contributed by atoms with Gasteiger partial charge in [-0.25, -0.2) is 0 Å². The molecule has 0 bridgehead atoms. The largest absolute Gasteiger partial charge is 0.455 e. The minimum atomic E-state index is -4.45. The maximum absolute atomic E-state index is 13.6. The predicted octanol–water partition coefficient (Wildman–Crippen LogP) is 7.11. The van der Waals surface area contributed by atoms with E-state index in [0.29, 0.717) is 27.3 Å². The summed E-state index contributed by atoms with van der Waals surface area (Å²) in [6, 6.07) is 29.9. The van der Waals surface area contributed by atoms with E-state index < -0.39 is 21.9 Å². The molecule has 0 saturated heterocycles. The van der Waals surface area contributed by atoms with Gasteiger partial charge in [-0.05, 0) is 68.4 Å². The van der Waals surface area contributed by atoms with Gasteiger partial charge >= 0.3 is 10.1 Å². The maximum atomic E-state index is 13.6. The van der Waals surface area contributed by atoms with E-state index in [-0.39, 0.29) is 16.0 Å². The molecule has 1 aromatic heterocycles. The fourth-order valence-electron chi connectivity index (χ4n) is 5.34. The van der Waals surface area contributed by atoms with E-state index in [1.165, 1.54) is 12.1 Å². The lowest BCUT2D eigenvalue weighted by molar-refractivity contribution is -0.0155. The van der Waals surface area contributed by atoms with Crippen LogP contribution in [0.4, 0.5) is 0 Å². The summed E-state index contributed by atoms with van der Waals surface area (Å²) in [5, 5.41) is 2.27. The first-order valence-corrected chi connectivity index (χ1v) is 14.9. The van der Waals surface area contributed by atoms with Gasteiger partial charge in [0.2, 0.25) is 0 Å². The highest BCUT2D eigenvalue weighted by Crippen LogP contribution is 2.39. The lowest BCUT2D eigenvalue weighted by Crippen LogP contribution is -2.41. The summed E-state index contributed by atoms with van der Waals surface area (Å²) < 4.78 is 39.3. The second kappa shape index (κ2) is 9.94. The first-order chi connectivity index (χ1) is 20.7. The van der Waals surface area contributed by atoms with Gasteiger partial charge in [0.15, 0.2) is 5.75 Å². The summed E-state index contributed by atoms with van der Waals surface area (Å²) in [6.07, 6.45) is 1.88. The Labute approximate surface area is 247 Å². The third-order valence-corrected chi connectivity index (χ3v) is 8.71. The van der Waals surface area contributed by atoms with Crippen LogP contribution in [0.15, 0.2) is 114 Å². The summed E-state index contributed by atoms with van der Waals surface area (Å²) in [5.41, 5.74) is 3.87. The van der Waals surface area contributed by atoms with Crippen molar-refractivity contribution in [2.45, 2.75) is 18.7 Å². The summed E-state index contributed by atoms with van der Waals surface area (Å²) >= 11 is 0. The molecule has 0 saturated carbocycles. The van der Waals surface area contributed by atoms with E-state index in [0.717, 1.165) is 27.7 Å². The van der Waals surface area contributed by atoms with Crippen LogP contribution < -0.4 is 4.74 Å². The highest BCUT2D eigenvalue weighted by atomic mass is 32.2. The third-order valence-electron chi connectivity index (χ3n) is 7.51. The molecule has 9 heteroatoms. The predicted molar refractivity (Wildman–Crippen MR) is 162 cm³/mol. The Kier molecular flexibility index (Phi) is 6.16. The molecule has 1 aliphatic heterocycles. The number of hydroxylamine groups is 2. The van der Waals surface area contributed by atoms with Crippen molar-refractivity contribution < 1.29 is 27.0 Å². The van der Waals surface area contributed by atoms with Crippen LogP contribution in [-0.4, -0.2) is 29.9 Å². The zero-order valence-electron chi connectivity index (χ0n) is 23.1. The molecule has 2 amide bonds. The number of aryl methyl sites for hydroxylation is 2. The monoisotopic (exact) mass is 588 g/mol. The van der Waals surface area contributed by atoms with Crippen molar-refractivity contribution in [3.8, 4) is 17.2 Å². The Hall–Kier alpha value is -5.25. The number of rotatable bonds is 6. The number of carbonyl (C=O) groups is 2. The van der Waals surface area contributed by atoms with Crippen LogP contribution in [0.25, 0.3) is 27.4 Å². The number of carbonyl (C=O) groups excluding carboxylic acids is 2. The molecule has 43 heavy (non-hydrogen) atoms. The van der Waals surface area contributed by atoms with Gasteiger partial charge in [0.05, 0.1) is 33.4 Å². The van der Waals surface area contributed by atoms with Crippen LogP contribution in [-0.2, 0) is 14.4 Å². The Morgan fingerprint density at radius 2 is 1.28 bits per heavy atom. The number of hydrogen-bond acceptors (Lipinski definition) is 6. The normalized spacial score (nSPS) is 13.2. The van der Waals surface area contributed by atoms with Crippen molar-refractivity contribution >= 4 is 43.6 Å². The van der Waals surface area contributed by atoms with Gasteiger partial charge in [-0.3, -0.25) is 9.59 Å². The number of hydrogen-bond donors (Lipinski definition) is 0.